The first-order valence-electron chi connectivity index (χ1n) is 7.31. The van der Waals surface area contributed by atoms with E-state index in [1.165, 1.54) is 4.90 Å². The summed E-state index contributed by atoms with van der Waals surface area (Å²) in [6.45, 7) is 2.54. The van der Waals surface area contributed by atoms with Crippen LogP contribution in [0.5, 0.6) is 0 Å². The van der Waals surface area contributed by atoms with Crippen LogP contribution in [0, 0.1) is 5.92 Å². The molecule has 0 aromatic heterocycles. The molecule has 2 bridgehead atoms. The van der Waals surface area contributed by atoms with Gasteiger partial charge >= 0.3 is 0 Å². The molecule has 5 nitrogen and oxygen atoms in total. The van der Waals surface area contributed by atoms with Crippen LogP contribution in [0.2, 0.25) is 0 Å². The standard InChI is InChI=1S/C14H22N2O3/c1-9-3-2-6-14(7-9,8-15)16-12(17)10-4-5-11(19-10)13(16)18/h9-11H,2-8,15H2,1H3. The van der Waals surface area contributed by atoms with E-state index in [4.69, 9.17) is 10.5 Å². The summed E-state index contributed by atoms with van der Waals surface area (Å²) in [7, 11) is 0. The van der Waals surface area contributed by atoms with Crippen molar-refractivity contribution in [2.24, 2.45) is 11.7 Å². The number of nitrogens with two attached hydrogens (primary N) is 1. The molecule has 4 unspecified atom stereocenters. The van der Waals surface area contributed by atoms with Gasteiger partial charge in [-0.15, -0.1) is 0 Å². The third-order valence-corrected chi connectivity index (χ3v) is 4.93. The molecule has 2 N–H and O–H groups in total. The van der Waals surface area contributed by atoms with E-state index < -0.39 is 17.7 Å². The number of hydrogen-bond donors (Lipinski definition) is 1. The van der Waals surface area contributed by atoms with Gasteiger partial charge in [0, 0.05) is 6.54 Å². The first-order chi connectivity index (χ1) is 9.07. The molecule has 1 saturated carbocycles. The van der Waals surface area contributed by atoms with E-state index in [1.54, 1.807) is 0 Å². The lowest BCUT2D eigenvalue weighted by atomic mass is 9.74. The van der Waals surface area contributed by atoms with Gasteiger partial charge in [-0.3, -0.25) is 14.5 Å². The fraction of sp³-hybridized carbons (Fsp3) is 0.857. The van der Waals surface area contributed by atoms with Crippen molar-refractivity contribution in [2.75, 3.05) is 6.54 Å². The highest BCUT2D eigenvalue weighted by Crippen LogP contribution is 2.41. The first kappa shape index (κ1) is 13.1. The summed E-state index contributed by atoms with van der Waals surface area (Å²) >= 11 is 0. The zero-order valence-corrected chi connectivity index (χ0v) is 11.4. The van der Waals surface area contributed by atoms with Crippen LogP contribution in [-0.4, -0.2) is 41.0 Å². The molecule has 0 aromatic rings. The predicted octanol–water partition coefficient (Wildman–Crippen LogP) is 0.810. The third-order valence-electron chi connectivity index (χ3n) is 4.93. The highest BCUT2D eigenvalue weighted by Gasteiger charge is 2.54. The van der Waals surface area contributed by atoms with Crippen LogP contribution >= 0.6 is 0 Å². The van der Waals surface area contributed by atoms with Crippen LogP contribution in [0.4, 0.5) is 0 Å². The number of nitrogens with zero attached hydrogens (tertiary/aromatic N) is 1. The molecule has 106 valence electrons. The van der Waals surface area contributed by atoms with Gasteiger partial charge in [0.05, 0.1) is 5.54 Å². The van der Waals surface area contributed by atoms with E-state index in [2.05, 4.69) is 6.92 Å². The van der Waals surface area contributed by atoms with Crippen LogP contribution in [0.3, 0.4) is 0 Å². The fourth-order valence-corrected chi connectivity index (χ4v) is 3.98. The molecule has 1 aliphatic carbocycles. The Morgan fingerprint density at radius 2 is 1.89 bits per heavy atom. The first-order valence-corrected chi connectivity index (χ1v) is 7.31. The van der Waals surface area contributed by atoms with Gasteiger partial charge in [-0.25, -0.2) is 0 Å². The van der Waals surface area contributed by atoms with Gasteiger partial charge in [0.2, 0.25) is 0 Å². The molecule has 2 heterocycles. The number of carbonyl (C=O) groups excluding carboxylic acids is 2. The summed E-state index contributed by atoms with van der Waals surface area (Å²) in [5, 5.41) is 0. The second-order valence-electron chi connectivity index (χ2n) is 6.33. The Morgan fingerprint density at radius 1 is 1.26 bits per heavy atom. The summed E-state index contributed by atoms with van der Waals surface area (Å²) < 4.78 is 5.48. The summed E-state index contributed by atoms with van der Waals surface area (Å²) in [5.74, 6) is 0.204. The SMILES string of the molecule is CC1CCCC(CN)(N2C(=O)C3CCC(O3)C2=O)C1. The van der Waals surface area contributed by atoms with Gasteiger partial charge in [-0.1, -0.05) is 19.8 Å². The minimum atomic E-state index is -0.462. The fourth-order valence-electron chi connectivity index (χ4n) is 3.98. The Balaban J connectivity index is 1.93. The summed E-state index contributed by atoms with van der Waals surface area (Å²) in [4.78, 5) is 26.5. The molecule has 3 rings (SSSR count). The molecule has 2 saturated heterocycles. The van der Waals surface area contributed by atoms with E-state index in [0.717, 1.165) is 25.7 Å². The molecule has 0 radical (unpaired) electrons. The number of ether oxygens (including phenoxy) is 1. The van der Waals surface area contributed by atoms with Gasteiger partial charge in [-0.2, -0.15) is 0 Å². The number of hydrogen-bond acceptors (Lipinski definition) is 4. The Bertz CT molecular complexity index is 389. The average Bonchev–Trinajstić information content (AvgIpc) is 2.83. The molecule has 2 amide bonds. The molecule has 0 spiro atoms. The Morgan fingerprint density at radius 3 is 2.42 bits per heavy atom. The smallest absolute Gasteiger partial charge is 0.258 e. The molecule has 2 aliphatic heterocycles. The van der Waals surface area contributed by atoms with Crippen molar-refractivity contribution in [3.8, 4) is 0 Å². The van der Waals surface area contributed by atoms with Crippen molar-refractivity contribution >= 4 is 11.8 Å². The third kappa shape index (κ3) is 1.91. The van der Waals surface area contributed by atoms with Gasteiger partial charge in [0.25, 0.3) is 11.8 Å². The van der Waals surface area contributed by atoms with Gasteiger partial charge < -0.3 is 10.5 Å². The largest absolute Gasteiger partial charge is 0.355 e. The number of imide groups is 1. The number of fused-ring (bicyclic) bond motifs is 2. The molecule has 3 aliphatic rings. The highest BCUT2D eigenvalue weighted by atomic mass is 16.5. The maximum Gasteiger partial charge on any atom is 0.258 e. The quantitative estimate of drug-likeness (QED) is 0.751. The van der Waals surface area contributed by atoms with Crippen molar-refractivity contribution in [3.05, 3.63) is 0 Å². The molecule has 19 heavy (non-hydrogen) atoms. The molecule has 0 aromatic carbocycles. The second kappa shape index (κ2) is 4.56. The van der Waals surface area contributed by atoms with E-state index in [-0.39, 0.29) is 11.8 Å². The lowest BCUT2D eigenvalue weighted by molar-refractivity contribution is -0.178. The lowest BCUT2D eigenvalue weighted by Crippen LogP contribution is -2.66. The Hall–Kier alpha value is -0.940. The molecule has 5 heteroatoms. The van der Waals surface area contributed by atoms with Crippen molar-refractivity contribution in [1.82, 2.24) is 4.90 Å². The van der Waals surface area contributed by atoms with Crippen molar-refractivity contribution in [3.63, 3.8) is 0 Å². The maximum absolute atomic E-state index is 12.5. The number of amides is 2. The van der Waals surface area contributed by atoms with Crippen molar-refractivity contribution in [2.45, 2.75) is 63.2 Å². The summed E-state index contributed by atoms with van der Waals surface area (Å²) in [5.41, 5.74) is 5.52. The summed E-state index contributed by atoms with van der Waals surface area (Å²) in [6, 6.07) is 0. The Labute approximate surface area is 113 Å². The highest BCUT2D eigenvalue weighted by molar-refractivity contribution is 6.03. The lowest BCUT2D eigenvalue weighted by Gasteiger charge is -2.48. The van der Waals surface area contributed by atoms with Crippen LogP contribution in [0.15, 0.2) is 0 Å². The van der Waals surface area contributed by atoms with Crippen LogP contribution in [0.25, 0.3) is 0 Å². The molecular formula is C14H22N2O3. The molecule has 4 atom stereocenters. The Kier molecular flexibility index (Phi) is 3.14. The second-order valence-corrected chi connectivity index (χ2v) is 6.33. The topological polar surface area (TPSA) is 72.6 Å². The van der Waals surface area contributed by atoms with Gasteiger partial charge in [0.15, 0.2) is 0 Å². The van der Waals surface area contributed by atoms with Crippen LogP contribution < -0.4 is 5.73 Å². The summed E-state index contributed by atoms with van der Waals surface area (Å²) in [6.07, 6.45) is 4.37. The number of morpholine rings is 1. The minimum absolute atomic E-state index is 0.154. The monoisotopic (exact) mass is 266 g/mol. The van der Waals surface area contributed by atoms with Crippen LogP contribution in [0.1, 0.15) is 45.4 Å². The van der Waals surface area contributed by atoms with E-state index >= 15 is 0 Å². The van der Waals surface area contributed by atoms with Crippen LogP contribution in [-0.2, 0) is 14.3 Å². The van der Waals surface area contributed by atoms with Gasteiger partial charge in [0.1, 0.15) is 12.2 Å². The zero-order valence-electron chi connectivity index (χ0n) is 11.4. The van der Waals surface area contributed by atoms with Crippen molar-refractivity contribution < 1.29 is 14.3 Å². The van der Waals surface area contributed by atoms with E-state index in [0.29, 0.717) is 25.3 Å². The van der Waals surface area contributed by atoms with E-state index in [9.17, 15) is 9.59 Å². The van der Waals surface area contributed by atoms with E-state index in [1.807, 2.05) is 0 Å². The number of carbonyl (C=O) groups is 2. The zero-order chi connectivity index (χ0) is 13.6. The maximum atomic E-state index is 12.5. The van der Waals surface area contributed by atoms with Gasteiger partial charge in [-0.05, 0) is 31.6 Å². The average molecular weight is 266 g/mol. The normalized spacial score (nSPS) is 42.8. The predicted molar refractivity (Wildman–Crippen MR) is 69.2 cm³/mol. The number of rotatable bonds is 2. The molecule has 3 fully saturated rings. The van der Waals surface area contributed by atoms with Crippen molar-refractivity contribution in [1.29, 1.82) is 0 Å². The minimum Gasteiger partial charge on any atom is -0.355 e. The molecular weight excluding hydrogens is 244 g/mol. The number of likely N-dealkylation sites (tertiary alicyclic amines) is 1.